The summed E-state index contributed by atoms with van der Waals surface area (Å²) in [6, 6.07) is 9.77. The summed E-state index contributed by atoms with van der Waals surface area (Å²) in [5, 5.41) is 0. The summed E-state index contributed by atoms with van der Waals surface area (Å²) in [7, 11) is 0. The number of benzene rings is 2. The minimum absolute atomic E-state index is 0.375. The molecule has 1 heterocycles. The van der Waals surface area contributed by atoms with Crippen molar-refractivity contribution in [1.82, 2.24) is 4.57 Å². The molecular formula is C16H9BrF3N. The predicted molar refractivity (Wildman–Crippen MR) is 78.8 cm³/mol. The average molecular weight is 352 g/mol. The lowest BCUT2D eigenvalue weighted by Gasteiger charge is -2.04. The molecule has 0 aliphatic heterocycles. The predicted octanol–water partition coefficient (Wildman–Crippen LogP) is 5.32. The van der Waals surface area contributed by atoms with Gasteiger partial charge in [0.1, 0.15) is 17.5 Å². The molecule has 0 unspecified atom stereocenters. The number of aromatic nitrogens is 1. The zero-order valence-corrected chi connectivity index (χ0v) is 12.2. The molecule has 1 aromatic heterocycles. The number of hydrogen-bond donors (Lipinski definition) is 0. The van der Waals surface area contributed by atoms with Gasteiger partial charge in [-0.25, -0.2) is 13.2 Å². The first-order valence-corrected chi connectivity index (χ1v) is 6.92. The number of rotatable bonds is 2. The van der Waals surface area contributed by atoms with Crippen LogP contribution in [0.2, 0.25) is 0 Å². The second-order valence-electron chi connectivity index (χ2n) is 4.56. The van der Waals surface area contributed by atoms with E-state index in [-0.39, 0.29) is 5.82 Å². The maximum atomic E-state index is 13.5. The Balaban J connectivity index is 2.01. The molecular weight excluding hydrogens is 343 g/mol. The molecule has 0 saturated heterocycles. The monoisotopic (exact) mass is 351 g/mol. The lowest BCUT2D eigenvalue weighted by Crippen LogP contribution is -1.91. The van der Waals surface area contributed by atoms with Crippen molar-refractivity contribution in [3.05, 3.63) is 76.8 Å². The van der Waals surface area contributed by atoms with Gasteiger partial charge < -0.3 is 4.57 Å². The second kappa shape index (κ2) is 5.41. The fourth-order valence-corrected chi connectivity index (χ4v) is 2.34. The fraction of sp³-hybridized carbons (Fsp3) is 0. The average Bonchev–Trinajstić information content (AvgIpc) is 2.90. The van der Waals surface area contributed by atoms with Gasteiger partial charge in [-0.2, -0.15) is 0 Å². The van der Waals surface area contributed by atoms with Gasteiger partial charge in [-0.1, -0.05) is 0 Å². The first kappa shape index (κ1) is 13.9. The molecule has 0 atom stereocenters. The van der Waals surface area contributed by atoms with Crippen LogP contribution in [0.25, 0.3) is 16.8 Å². The third-order valence-corrected chi connectivity index (χ3v) is 3.73. The van der Waals surface area contributed by atoms with E-state index in [0.29, 0.717) is 21.3 Å². The van der Waals surface area contributed by atoms with Crippen LogP contribution in [-0.2, 0) is 0 Å². The first-order valence-electron chi connectivity index (χ1n) is 6.13. The van der Waals surface area contributed by atoms with Gasteiger partial charge in [0, 0.05) is 24.1 Å². The molecule has 0 fully saturated rings. The zero-order chi connectivity index (χ0) is 15.0. The Morgan fingerprint density at radius 3 is 2.19 bits per heavy atom. The molecule has 0 amide bonds. The molecule has 0 aliphatic rings. The summed E-state index contributed by atoms with van der Waals surface area (Å²) in [4.78, 5) is 0. The van der Waals surface area contributed by atoms with E-state index in [9.17, 15) is 13.2 Å². The highest BCUT2D eigenvalue weighted by Gasteiger charge is 2.07. The van der Waals surface area contributed by atoms with Gasteiger partial charge in [-0.3, -0.25) is 0 Å². The minimum atomic E-state index is -0.632. The van der Waals surface area contributed by atoms with Crippen LogP contribution in [0, 0.1) is 17.5 Å². The fourth-order valence-electron chi connectivity index (χ4n) is 2.09. The summed E-state index contributed by atoms with van der Waals surface area (Å²) in [6.07, 6.45) is 3.40. The van der Waals surface area contributed by atoms with E-state index >= 15 is 0 Å². The normalized spacial score (nSPS) is 10.9. The van der Waals surface area contributed by atoms with E-state index in [2.05, 4.69) is 15.9 Å². The van der Waals surface area contributed by atoms with Crippen molar-refractivity contribution < 1.29 is 13.2 Å². The third-order valence-electron chi connectivity index (χ3n) is 3.09. The Morgan fingerprint density at radius 2 is 1.52 bits per heavy atom. The van der Waals surface area contributed by atoms with E-state index in [0.717, 1.165) is 6.07 Å². The van der Waals surface area contributed by atoms with Gasteiger partial charge in [-0.05, 0) is 63.5 Å². The highest BCUT2D eigenvalue weighted by Crippen LogP contribution is 2.25. The smallest absolute Gasteiger partial charge is 0.139 e. The summed E-state index contributed by atoms with van der Waals surface area (Å²) in [5.41, 5.74) is 1.71. The van der Waals surface area contributed by atoms with Gasteiger partial charge in [0.25, 0.3) is 0 Å². The van der Waals surface area contributed by atoms with Crippen LogP contribution >= 0.6 is 15.9 Å². The Hall–Kier alpha value is -2.01. The molecule has 0 aliphatic carbocycles. The molecule has 0 saturated carbocycles. The first-order chi connectivity index (χ1) is 10.0. The Kier molecular flexibility index (Phi) is 3.59. The van der Waals surface area contributed by atoms with E-state index < -0.39 is 11.6 Å². The summed E-state index contributed by atoms with van der Waals surface area (Å²) in [6.45, 7) is 0. The maximum Gasteiger partial charge on any atom is 0.139 e. The molecule has 0 radical (unpaired) electrons. The van der Waals surface area contributed by atoms with Crippen molar-refractivity contribution >= 4 is 15.9 Å². The topological polar surface area (TPSA) is 4.93 Å². The molecule has 1 nitrogen and oxygen atoms in total. The Morgan fingerprint density at radius 1 is 0.810 bits per heavy atom. The van der Waals surface area contributed by atoms with Crippen LogP contribution in [0.1, 0.15) is 0 Å². The van der Waals surface area contributed by atoms with Crippen LogP contribution in [-0.4, -0.2) is 4.57 Å². The van der Waals surface area contributed by atoms with Crippen molar-refractivity contribution in [2.24, 2.45) is 0 Å². The van der Waals surface area contributed by atoms with Crippen LogP contribution in [0.5, 0.6) is 0 Å². The Bertz CT molecular complexity index is 791. The molecule has 21 heavy (non-hydrogen) atoms. The third kappa shape index (κ3) is 2.88. The van der Waals surface area contributed by atoms with Gasteiger partial charge in [0.05, 0.1) is 4.47 Å². The lowest BCUT2D eigenvalue weighted by atomic mass is 10.1. The van der Waals surface area contributed by atoms with E-state index in [4.69, 9.17) is 0 Å². The molecule has 3 rings (SSSR count). The van der Waals surface area contributed by atoms with Gasteiger partial charge in [-0.15, -0.1) is 0 Å². The highest BCUT2D eigenvalue weighted by atomic mass is 79.9. The molecule has 5 heteroatoms. The second-order valence-corrected chi connectivity index (χ2v) is 5.42. The van der Waals surface area contributed by atoms with Crippen molar-refractivity contribution in [2.45, 2.75) is 0 Å². The van der Waals surface area contributed by atoms with E-state index in [1.807, 2.05) is 0 Å². The molecule has 0 bridgehead atoms. The zero-order valence-electron chi connectivity index (χ0n) is 10.7. The van der Waals surface area contributed by atoms with Gasteiger partial charge in [0.2, 0.25) is 0 Å². The van der Waals surface area contributed by atoms with Gasteiger partial charge >= 0.3 is 0 Å². The molecule has 0 N–H and O–H groups in total. The molecule has 2 aromatic carbocycles. The van der Waals surface area contributed by atoms with Crippen LogP contribution < -0.4 is 0 Å². The molecule has 0 spiro atoms. The van der Waals surface area contributed by atoms with Crippen molar-refractivity contribution in [1.29, 1.82) is 0 Å². The van der Waals surface area contributed by atoms with Crippen molar-refractivity contribution in [3.8, 4) is 16.8 Å². The molecule has 106 valence electrons. The maximum absolute atomic E-state index is 13.5. The molecule has 3 aromatic rings. The number of hydrogen-bond acceptors (Lipinski definition) is 0. The minimum Gasteiger partial charge on any atom is -0.323 e. The Labute approximate surface area is 127 Å². The van der Waals surface area contributed by atoms with Gasteiger partial charge in [0.15, 0.2) is 0 Å². The highest BCUT2D eigenvalue weighted by molar-refractivity contribution is 9.10. The number of nitrogens with zero attached hydrogens (tertiary/aromatic N) is 1. The van der Waals surface area contributed by atoms with Crippen LogP contribution in [0.15, 0.2) is 59.3 Å². The van der Waals surface area contributed by atoms with E-state index in [1.54, 1.807) is 35.2 Å². The van der Waals surface area contributed by atoms with Crippen molar-refractivity contribution in [2.75, 3.05) is 0 Å². The summed E-state index contributed by atoms with van der Waals surface area (Å²) < 4.78 is 42.1. The quantitative estimate of drug-likeness (QED) is 0.588. The SMILES string of the molecule is Fc1cc(F)cc(-c2ccn(-c3ccc(Br)c(F)c3)c2)c1. The lowest BCUT2D eigenvalue weighted by molar-refractivity contribution is 0.584. The van der Waals surface area contributed by atoms with Crippen LogP contribution in [0.3, 0.4) is 0 Å². The summed E-state index contributed by atoms with van der Waals surface area (Å²) in [5.74, 6) is -1.64. The van der Waals surface area contributed by atoms with Crippen molar-refractivity contribution in [3.63, 3.8) is 0 Å². The largest absolute Gasteiger partial charge is 0.323 e. The summed E-state index contributed by atoms with van der Waals surface area (Å²) >= 11 is 3.09. The number of halogens is 4. The van der Waals surface area contributed by atoms with E-state index in [1.165, 1.54) is 18.2 Å². The standard InChI is InChI=1S/C16H9BrF3N/c17-15-2-1-14(8-16(15)20)21-4-3-10(9-21)11-5-12(18)7-13(19)6-11/h1-9H. The van der Waals surface area contributed by atoms with Crippen LogP contribution in [0.4, 0.5) is 13.2 Å².